The Hall–Kier alpha value is -1.68. The molecule has 2 N–H and O–H groups in total. The molecule has 1 unspecified atom stereocenters. The number of carbonyl (C=O) groups is 2. The number of halogens is 6. The Labute approximate surface area is 219 Å². The molecule has 2 aromatic rings. The van der Waals surface area contributed by atoms with Crippen LogP contribution in [-0.2, 0) is 15.1 Å². The normalized spacial score (nSPS) is 28.8. The van der Waals surface area contributed by atoms with E-state index in [2.05, 4.69) is 5.32 Å². The van der Waals surface area contributed by atoms with Gasteiger partial charge in [-0.3, -0.25) is 14.5 Å². The first-order chi connectivity index (χ1) is 16.4. The molecule has 0 radical (unpaired) electrons. The van der Waals surface area contributed by atoms with Crippen LogP contribution in [0.15, 0.2) is 30.3 Å². The lowest BCUT2D eigenvalue weighted by atomic mass is 9.74. The number of aliphatic hydroxyl groups is 1. The Morgan fingerprint density at radius 3 is 2.40 bits per heavy atom. The average molecular weight is 565 g/mol. The van der Waals surface area contributed by atoms with Crippen LogP contribution in [0, 0.1) is 11.8 Å². The summed E-state index contributed by atoms with van der Waals surface area (Å²) in [7, 11) is 1.47. The number of hydrogen-bond acceptors (Lipinski definition) is 4. The smallest absolute Gasteiger partial charge is 0.262 e. The molecule has 1 spiro atoms. The molecule has 0 saturated carbocycles. The molecule has 5 rings (SSSR count). The SMILES string of the molecule is CN(C(=O)[C@@H]1C2CC(F)(F)CN2[C@@]2(C(=O)Nc3c(Cl)cc(Cl)cc32)[C@@H]1CO)c1cc(Cl)cc(Cl)c1. The van der Waals surface area contributed by atoms with Crippen molar-refractivity contribution >= 4 is 69.6 Å². The van der Waals surface area contributed by atoms with E-state index in [1.165, 1.54) is 47.2 Å². The van der Waals surface area contributed by atoms with Crippen LogP contribution in [0.3, 0.4) is 0 Å². The fraction of sp³-hybridized carbons (Fsp3) is 0.391. The van der Waals surface area contributed by atoms with Crippen LogP contribution in [0.2, 0.25) is 20.1 Å². The van der Waals surface area contributed by atoms with Crippen molar-refractivity contribution in [3.05, 3.63) is 56.0 Å². The highest BCUT2D eigenvalue weighted by Gasteiger charge is 2.72. The number of amides is 2. The lowest BCUT2D eigenvalue weighted by molar-refractivity contribution is -0.131. The number of carbonyl (C=O) groups excluding carboxylic acids is 2. The first-order valence-corrected chi connectivity index (χ1v) is 12.2. The van der Waals surface area contributed by atoms with E-state index in [9.17, 15) is 23.5 Å². The van der Waals surface area contributed by atoms with Gasteiger partial charge in [0.1, 0.15) is 5.54 Å². The Morgan fingerprint density at radius 2 is 1.77 bits per heavy atom. The van der Waals surface area contributed by atoms with Crippen molar-refractivity contribution in [2.24, 2.45) is 11.8 Å². The summed E-state index contributed by atoms with van der Waals surface area (Å²) in [6, 6.07) is 6.41. The molecule has 3 aliphatic rings. The van der Waals surface area contributed by atoms with E-state index in [-0.39, 0.29) is 31.3 Å². The van der Waals surface area contributed by atoms with Crippen molar-refractivity contribution in [2.45, 2.75) is 23.9 Å². The van der Waals surface area contributed by atoms with E-state index < -0.39 is 60.7 Å². The lowest BCUT2D eigenvalue weighted by Gasteiger charge is -2.37. The van der Waals surface area contributed by atoms with Crippen molar-refractivity contribution < 1.29 is 23.5 Å². The van der Waals surface area contributed by atoms with Gasteiger partial charge < -0.3 is 15.3 Å². The zero-order valence-electron chi connectivity index (χ0n) is 18.2. The minimum Gasteiger partial charge on any atom is -0.396 e. The number of alkyl halides is 2. The van der Waals surface area contributed by atoms with Crippen molar-refractivity contribution in [1.82, 2.24) is 4.90 Å². The molecule has 35 heavy (non-hydrogen) atoms. The molecule has 0 bridgehead atoms. The molecule has 2 fully saturated rings. The van der Waals surface area contributed by atoms with Gasteiger partial charge >= 0.3 is 0 Å². The van der Waals surface area contributed by atoms with E-state index in [1.54, 1.807) is 0 Å². The van der Waals surface area contributed by atoms with Gasteiger partial charge in [-0.15, -0.1) is 0 Å². The van der Waals surface area contributed by atoms with Crippen LogP contribution in [0.5, 0.6) is 0 Å². The van der Waals surface area contributed by atoms with Gasteiger partial charge in [0.05, 0.1) is 23.2 Å². The molecule has 2 aromatic carbocycles. The van der Waals surface area contributed by atoms with Gasteiger partial charge in [0.2, 0.25) is 11.8 Å². The fourth-order valence-electron chi connectivity index (χ4n) is 5.95. The van der Waals surface area contributed by atoms with Crippen LogP contribution in [-0.4, -0.2) is 54.0 Å². The first kappa shape index (κ1) is 25.0. The first-order valence-electron chi connectivity index (χ1n) is 10.7. The summed E-state index contributed by atoms with van der Waals surface area (Å²) in [6.07, 6.45) is -0.650. The van der Waals surface area contributed by atoms with Gasteiger partial charge in [0.25, 0.3) is 5.92 Å². The Bertz CT molecular complexity index is 1240. The standard InChI is InChI=1S/C23H19Cl4F2N3O3/c1-31(13-3-10(24)2-11(25)4-13)20(34)18-15(8-33)23(32-9-22(28,29)7-17(18)32)14-5-12(26)6-16(27)19(14)30-21(23)35/h2-6,15,17-18,33H,7-9H2,1H3,(H,30,35)/t15-,17?,18+,23-/m1/s1. The van der Waals surface area contributed by atoms with Gasteiger partial charge in [-0.1, -0.05) is 46.4 Å². The topological polar surface area (TPSA) is 72.9 Å². The van der Waals surface area contributed by atoms with Crippen molar-refractivity contribution in [3.63, 3.8) is 0 Å². The minimum absolute atomic E-state index is 0.136. The molecule has 2 saturated heterocycles. The molecule has 3 heterocycles. The van der Waals surface area contributed by atoms with Crippen LogP contribution in [0.1, 0.15) is 12.0 Å². The summed E-state index contributed by atoms with van der Waals surface area (Å²) in [6.45, 7) is -1.38. The van der Waals surface area contributed by atoms with Crippen molar-refractivity contribution in [1.29, 1.82) is 0 Å². The Kier molecular flexibility index (Phi) is 6.02. The summed E-state index contributed by atoms with van der Waals surface area (Å²) in [5.41, 5.74) is -0.901. The van der Waals surface area contributed by atoms with Crippen molar-refractivity contribution in [3.8, 4) is 0 Å². The molecule has 0 aliphatic carbocycles. The van der Waals surface area contributed by atoms with Crippen LogP contribution in [0.4, 0.5) is 20.2 Å². The molecule has 2 amide bonds. The van der Waals surface area contributed by atoms with E-state index >= 15 is 0 Å². The number of aliphatic hydroxyl groups excluding tert-OH is 1. The van der Waals surface area contributed by atoms with Gasteiger partial charge in [0.15, 0.2) is 0 Å². The average Bonchev–Trinajstić information content (AvgIpc) is 3.32. The molecule has 186 valence electrons. The molecule has 12 heteroatoms. The van der Waals surface area contributed by atoms with E-state index in [4.69, 9.17) is 46.4 Å². The molecular weight excluding hydrogens is 546 g/mol. The summed E-state index contributed by atoms with van der Waals surface area (Å²) in [5, 5.41) is 14.1. The molecule has 6 nitrogen and oxygen atoms in total. The maximum absolute atomic E-state index is 14.8. The van der Waals surface area contributed by atoms with Crippen LogP contribution >= 0.6 is 46.4 Å². The van der Waals surface area contributed by atoms with Crippen LogP contribution in [0.25, 0.3) is 0 Å². The Morgan fingerprint density at radius 1 is 1.14 bits per heavy atom. The van der Waals surface area contributed by atoms with Crippen LogP contribution < -0.4 is 10.2 Å². The monoisotopic (exact) mass is 563 g/mol. The fourth-order valence-corrected chi connectivity index (χ4v) is 7.00. The number of hydrogen-bond donors (Lipinski definition) is 2. The zero-order chi connectivity index (χ0) is 25.4. The summed E-state index contributed by atoms with van der Waals surface area (Å²) >= 11 is 24.7. The minimum atomic E-state index is -3.15. The summed E-state index contributed by atoms with van der Waals surface area (Å²) in [5.74, 6) is -6.54. The van der Waals surface area contributed by atoms with Gasteiger partial charge in [0, 0.05) is 58.4 Å². The van der Waals surface area contributed by atoms with E-state index in [1.807, 2.05) is 0 Å². The number of rotatable bonds is 3. The second-order valence-electron chi connectivity index (χ2n) is 9.13. The third-order valence-electron chi connectivity index (χ3n) is 7.24. The third kappa shape index (κ3) is 3.64. The van der Waals surface area contributed by atoms with E-state index in [0.29, 0.717) is 5.69 Å². The Balaban J connectivity index is 1.67. The number of fused-ring (bicyclic) bond motifs is 4. The predicted octanol–water partition coefficient (Wildman–Crippen LogP) is 5.06. The second-order valence-corrected chi connectivity index (χ2v) is 10.8. The lowest BCUT2D eigenvalue weighted by Crippen LogP contribution is -2.53. The van der Waals surface area contributed by atoms with Crippen molar-refractivity contribution in [2.75, 3.05) is 30.4 Å². The maximum Gasteiger partial charge on any atom is 0.262 e. The van der Waals surface area contributed by atoms with Gasteiger partial charge in [-0.25, -0.2) is 8.78 Å². The predicted molar refractivity (Wildman–Crippen MR) is 131 cm³/mol. The second kappa shape index (κ2) is 8.43. The largest absolute Gasteiger partial charge is 0.396 e. The third-order valence-corrected chi connectivity index (χ3v) is 8.20. The number of anilines is 2. The zero-order valence-corrected chi connectivity index (χ0v) is 21.2. The summed E-state index contributed by atoms with van der Waals surface area (Å²) < 4.78 is 29.6. The van der Waals surface area contributed by atoms with Gasteiger partial charge in [-0.2, -0.15) is 0 Å². The molecule has 3 aliphatic heterocycles. The highest BCUT2D eigenvalue weighted by molar-refractivity contribution is 6.38. The number of nitrogens with one attached hydrogen (secondary N) is 1. The number of benzene rings is 2. The maximum atomic E-state index is 14.8. The van der Waals surface area contributed by atoms with E-state index in [0.717, 1.165) is 0 Å². The molecular formula is C23H19Cl4F2N3O3. The number of nitrogens with zero attached hydrogens (tertiary/aromatic N) is 2. The molecule has 0 aromatic heterocycles. The highest BCUT2D eigenvalue weighted by atomic mass is 35.5. The van der Waals surface area contributed by atoms with Gasteiger partial charge in [-0.05, 0) is 30.3 Å². The quantitative estimate of drug-likeness (QED) is 0.547. The highest BCUT2D eigenvalue weighted by Crippen LogP contribution is 2.61. The molecule has 4 atom stereocenters. The summed E-state index contributed by atoms with van der Waals surface area (Å²) in [4.78, 5) is 30.0.